The number of halogens is 3. The van der Waals surface area contributed by atoms with Crippen molar-refractivity contribution in [3.63, 3.8) is 0 Å². The van der Waals surface area contributed by atoms with Crippen LogP contribution in [0.4, 0.5) is 5.69 Å². The van der Waals surface area contributed by atoms with E-state index in [0.29, 0.717) is 39.7 Å². The molecule has 3 rings (SSSR count). The molecule has 1 aromatic rings. The second-order valence-corrected chi connectivity index (χ2v) is 8.90. The second-order valence-electron chi connectivity index (χ2n) is 6.78. The Morgan fingerprint density at radius 3 is 2.44 bits per heavy atom. The van der Waals surface area contributed by atoms with Crippen molar-refractivity contribution in [3.8, 4) is 0 Å². The summed E-state index contributed by atoms with van der Waals surface area (Å²) in [6.45, 7) is 2.37. The van der Waals surface area contributed by atoms with E-state index >= 15 is 0 Å². The molecule has 27 heavy (non-hydrogen) atoms. The van der Waals surface area contributed by atoms with Crippen molar-refractivity contribution >= 4 is 59.0 Å². The summed E-state index contributed by atoms with van der Waals surface area (Å²) in [5.74, 6) is -0.280. The first-order valence-corrected chi connectivity index (χ1v) is 10.6. The number of rotatable bonds is 6. The highest BCUT2D eigenvalue weighted by atomic mass is 35.5. The molecule has 2 aliphatic heterocycles. The van der Waals surface area contributed by atoms with Crippen molar-refractivity contribution in [2.75, 3.05) is 19.0 Å². The van der Waals surface area contributed by atoms with Gasteiger partial charge < -0.3 is 15.0 Å². The van der Waals surface area contributed by atoms with Gasteiger partial charge in [0.2, 0.25) is 0 Å². The monoisotopic (exact) mass is 450 g/mol. The van der Waals surface area contributed by atoms with Crippen molar-refractivity contribution in [2.24, 2.45) is 0 Å². The first-order valence-electron chi connectivity index (χ1n) is 8.94. The van der Waals surface area contributed by atoms with Crippen LogP contribution in [0, 0.1) is 0 Å². The summed E-state index contributed by atoms with van der Waals surface area (Å²) in [6, 6.07) is 4.87. The fourth-order valence-electron chi connectivity index (χ4n) is 3.76. The van der Waals surface area contributed by atoms with Crippen molar-refractivity contribution in [1.29, 1.82) is 0 Å². The van der Waals surface area contributed by atoms with Crippen LogP contribution in [0.3, 0.4) is 0 Å². The van der Waals surface area contributed by atoms with Crippen LogP contribution in [0.2, 0.25) is 10.0 Å². The zero-order chi connectivity index (χ0) is 18.7. The Morgan fingerprint density at radius 2 is 1.89 bits per heavy atom. The lowest BCUT2D eigenvalue weighted by molar-refractivity contribution is -0.112. The summed E-state index contributed by atoms with van der Waals surface area (Å²) in [4.78, 5) is 15.3. The number of carbonyl (C=O) groups is 1. The van der Waals surface area contributed by atoms with Crippen molar-refractivity contribution in [2.45, 2.75) is 54.8 Å². The number of anilines is 1. The first kappa shape index (κ1) is 22.7. The fraction of sp³-hybridized carbons (Fsp3) is 0.526. The maximum absolute atomic E-state index is 11.8. The molecule has 4 nitrogen and oxygen atoms in total. The zero-order valence-electron chi connectivity index (χ0n) is 15.4. The Hall–Kier alpha value is -0.590. The predicted octanol–water partition coefficient (Wildman–Crippen LogP) is 5.62. The fourth-order valence-corrected chi connectivity index (χ4v) is 5.83. The molecule has 8 heteroatoms. The molecule has 0 aromatic heterocycles. The molecule has 150 valence electrons. The molecular formula is C19H25Cl3N2O2S. The number of thioether (sulfide) groups is 1. The highest BCUT2D eigenvalue weighted by molar-refractivity contribution is 8.00. The van der Waals surface area contributed by atoms with E-state index < -0.39 is 0 Å². The molecule has 2 unspecified atom stereocenters. The average Bonchev–Trinajstić information content (AvgIpc) is 2.80. The minimum absolute atomic E-state index is 0. The minimum Gasteiger partial charge on any atom is -0.501 e. The van der Waals surface area contributed by atoms with Gasteiger partial charge in [0.05, 0.1) is 22.9 Å². The Labute approximate surface area is 181 Å². The SMILES string of the molecule is CCO/C=C\C(=O)Nc1cc(Cl)c(SC2CC3CCC(C2)N3C)c(Cl)c1.Cl. The van der Waals surface area contributed by atoms with Gasteiger partial charge in [-0.25, -0.2) is 0 Å². The largest absolute Gasteiger partial charge is 0.501 e. The van der Waals surface area contributed by atoms with Crippen molar-refractivity contribution < 1.29 is 9.53 Å². The van der Waals surface area contributed by atoms with E-state index in [9.17, 15) is 4.79 Å². The number of benzene rings is 1. The highest BCUT2D eigenvalue weighted by Crippen LogP contribution is 2.45. The number of hydrogen-bond donors (Lipinski definition) is 1. The van der Waals surface area contributed by atoms with Gasteiger partial charge in [-0.05, 0) is 51.8 Å². The molecule has 2 fully saturated rings. The standard InChI is InChI=1S/C19H24Cl2N2O2S.ClH/c1-3-25-7-6-18(24)22-12-8-16(20)19(17(21)9-12)26-15-10-13-4-5-14(11-15)23(13)2;/h6-9,13-15H,3-5,10-11H2,1-2H3,(H,22,24);1H/b7-6-;. The third-order valence-corrected chi connectivity index (χ3v) is 7.30. The Balaban J connectivity index is 0.00000261. The van der Waals surface area contributed by atoms with Crippen LogP contribution in [0.5, 0.6) is 0 Å². The third-order valence-electron chi connectivity index (χ3n) is 5.09. The lowest BCUT2D eigenvalue weighted by Crippen LogP contribution is -2.40. The normalized spacial score (nSPS) is 24.7. The number of ether oxygens (including phenoxy) is 1. The Morgan fingerprint density at radius 1 is 1.30 bits per heavy atom. The number of amides is 1. The van der Waals surface area contributed by atoms with E-state index in [1.807, 2.05) is 6.92 Å². The van der Waals surface area contributed by atoms with E-state index in [2.05, 4.69) is 17.3 Å². The lowest BCUT2D eigenvalue weighted by atomic mass is 10.0. The Bertz CT molecular complexity index is 665. The van der Waals surface area contributed by atoms with E-state index in [4.69, 9.17) is 27.9 Å². The molecule has 2 saturated heterocycles. The molecule has 2 heterocycles. The molecule has 1 aromatic carbocycles. The maximum Gasteiger partial charge on any atom is 0.251 e. The number of nitrogens with one attached hydrogen (secondary N) is 1. The van der Waals surface area contributed by atoms with Crippen LogP contribution in [-0.2, 0) is 9.53 Å². The topological polar surface area (TPSA) is 41.6 Å². The van der Waals surface area contributed by atoms with Crippen molar-refractivity contribution in [1.82, 2.24) is 4.90 Å². The smallest absolute Gasteiger partial charge is 0.251 e. The summed E-state index contributed by atoms with van der Waals surface area (Å²) in [5.41, 5.74) is 0.582. The summed E-state index contributed by atoms with van der Waals surface area (Å²) in [6.07, 6.45) is 7.63. The summed E-state index contributed by atoms with van der Waals surface area (Å²) >= 11 is 14.7. The van der Waals surface area contributed by atoms with Crippen LogP contribution < -0.4 is 5.32 Å². The molecule has 2 atom stereocenters. The van der Waals surface area contributed by atoms with Crippen LogP contribution in [0.15, 0.2) is 29.4 Å². The molecule has 2 bridgehead atoms. The van der Waals surface area contributed by atoms with Crippen LogP contribution >= 0.6 is 47.4 Å². The van der Waals surface area contributed by atoms with E-state index in [1.165, 1.54) is 38.0 Å². The van der Waals surface area contributed by atoms with Gasteiger partial charge in [0.15, 0.2) is 0 Å². The molecule has 0 spiro atoms. The number of fused-ring (bicyclic) bond motifs is 2. The zero-order valence-corrected chi connectivity index (χ0v) is 18.6. The van der Waals surface area contributed by atoms with E-state index in [-0.39, 0.29) is 18.3 Å². The number of carbonyl (C=O) groups excluding carboxylic acids is 1. The molecular weight excluding hydrogens is 427 g/mol. The number of nitrogens with zero attached hydrogens (tertiary/aromatic N) is 1. The second kappa shape index (κ2) is 10.3. The summed E-state index contributed by atoms with van der Waals surface area (Å²) < 4.78 is 5.02. The van der Waals surface area contributed by atoms with Gasteiger partial charge in [-0.1, -0.05) is 23.2 Å². The van der Waals surface area contributed by atoms with Gasteiger partial charge in [0.25, 0.3) is 5.91 Å². The van der Waals surface area contributed by atoms with Gasteiger partial charge >= 0.3 is 0 Å². The average molecular weight is 452 g/mol. The Kier molecular flexibility index (Phi) is 8.63. The molecule has 1 N–H and O–H groups in total. The van der Waals surface area contributed by atoms with E-state index in [1.54, 1.807) is 23.9 Å². The summed E-state index contributed by atoms with van der Waals surface area (Å²) in [5, 5.41) is 4.45. The van der Waals surface area contributed by atoms with Crippen LogP contribution in [0.1, 0.15) is 32.6 Å². The first-order chi connectivity index (χ1) is 12.5. The van der Waals surface area contributed by atoms with E-state index in [0.717, 1.165) is 4.90 Å². The molecule has 0 saturated carbocycles. The van der Waals surface area contributed by atoms with Crippen LogP contribution in [0.25, 0.3) is 0 Å². The summed E-state index contributed by atoms with van der Waals surface area (Å²) in [7, 11) is 2.24. The van der Waals surface area contributed by atoms with Gasteiger partial charge in [0, 0.05) is 34.0 Å². The highest BCUT2D eigenvalue weighted by Gasteiger charge is 2.39. The molecule has 0 radical (unpaired) electrons. The predicted molar refractivity (Wildman–Crippen MR) is 117 cm³/mol. The lowest BCUT2D eigenvalue weighted by Gasteiger charge is -2.36. The van der Waals surface area contributed by atoms with Gasteiger partial charge in [-0.3, -0.25) is 4.79 Å². The molecule has 2 aliphatic rings. The number of hydrogen-bond acceptors (Lipinski definition) is 4. The molecule has 0 aliphatic carbocycles. The minimum atomic E-state index is -0.280. The van der Waals surface area contributed by atoms with Gasteiger partial charge in [0.1, 0.15) is 0 Å². The molecule has 1 amide bonds. The quantitative estimate of drug-likeness (QED) is 0.450. The van der Waals surface area contributed by atoms with Crippen molar-refractivity contribution in [3.05, 3.63) is 34.5 Å². The van der Waals surface area contributed by atoms with Crippen LogP contribution in [-0.4, -0.2) is 41.8 Å². The van der Waals surface area contributed by atoms with Gasteiger partial charge in [-0.2, -0.15) is 0 Å². The third kappa shape index (κ3) is 5.70. The maximum atomic E-state index is 11.8. The van der Waals surface area contributed by atoms with Gasteiger partial charge in [-0.15, -0.1) is 24.2 Å². The number of piperidine rings is 1.